The summed E-state index contributed by atoms with van der Waals surface area (Å²) in [7, 11) is 0. The normalized spacial score (nSPS) is 0. The smallest absolute Gasteiger partial charge is 0 e. The van der Waals surface area contributed by atoms with Crippen molar-refractivity contribution in [2.45, 2.75) is 0 Å². The van der Waals surface area contributed by atoms with Gasteiger partial charge in [-0.3, -0.25) is 0 Å². The first-order valence-electron chi connectivity index (χ1n) is 0. The Morgan fingerprint density at radius 2 is 0.400 bits per heavy atom. The molecule has 0 aromatic heterocycles. The summed E-state index contributed by atoms with van der Waals surface area (Å²) in [6.45, 7) is 0. The van der Waals surface area contributed by atoms with Crippen LogP contribution in [-0.4, -0.2) is 47.8 Å². The van der Waals surface area contributed by atoms with E-state index in [1.165, 1.54) is 0 Å². The molecule has 0 aliphatic heterocycles. The van der Waals surface area contributed by atoms with Crippen molar-refractivity contribution >= 4 is 47.8 Å². The van der Waals surface area contributed by atoms with Crippen molar-refractivity contribution in [1.29, 1.82) is 0 Å². The van der Waals surface area contributed by atoms with Crippen LogP contribution in [0.3, 0.4) is 0 Å². The molecule has 0 unspecified atom stereocenters. The van der Waals surface area contributed by atoms with E-state index in [1.807, 2.05) is 0 Å². The van der Waals surface area contributed by atoms with Gasteiger partial charge in [-0.2, -0.15) is 0 Å². The van der Waals surface area contributed by atoms with Crippen LogP contribution in [0.1, 0.15) is 0 Å². The minimum Gasteiger partial charge on any atom is 0 e. The van der Waals surface area contributed by atoms with Gasteiger partial charge in [-0.15, -0.1) is 0 Å². The van der Waals surface area contributed by atoms with E-state index in [-0.39, 0.29) is 99.0 Å². The van der Waals surface area contributed by atoms with E-state index < -0.39 is 0 Å². The number of rotatable bonds is 0. The van der Waals surface area contributed by atoms with Gasteiger partial charge in [0.1, 0.15) is 0 Å². The third kappa shape index (κ3) is 19.1. The van der Waals surface area contributed by atoms with Crippen LogP contribution >= 0.6 is 0 Å². The van der Waals surface area contributed by atoms with Crippen LogP contribution in [0.4, 0.5) is 0 Å². The molecule has 0 nitrogen and oxygen atoms in total. The third-order valence-electron chi connectivity index (χ3n) is 0. The number of hydrogen-bond acceptors (Lipinski definition) is 0. The fourth-order valence-electron chi connectivity index (χ4n) is 0. The average Bonchev–Trinajstić information content (AvgIpc) is 0. The zero-order valence-corrected chi connectivity index (χ0v) is 10.4. The largest absolute Gasteiger partial charge is 0 e. The van der Waals surface area contributed by atoms with Crippen LogP contribution < -0.4 is 0 Å². The van der Waals surface area contributed by atoms with E-state index in [9.17, 15) is 0 Å². The predicted molar refractivity (Wildman–Crippen MR) is 11.5 cm³/mol. The van der Waals surface area contributed by atoms with Crippen molar-refractivity contribution in [2.24, 2.45) is 0 Å². The summed E-state index contributed by atoms with van der Waals surface area (Å²) < 4.78 is 0. The van der Waals surface area contributed by atoms with Gasteiger partial charge in [0, 0.05) is 99.0 Å². The molecule has 0 saturated carbocycles. The maximum Gasteiger partial charge on any atom is 0 e. The molecule has 0 aliphatic carbocycles. The Labute approximate surface area is 97.3 Å². The summed E-state index contributed by atoms with van der Waals surface area (Å²) in [6.07, 6.45) is 0. The molecule has 5 heteroatoms. The molecular formula is Cu3Sn2. The monoisotopic (exact) mass is 429 g/mol. The second-order valence-corrected chi connectivity index (χ2v) is 0. The summed E-state index contributed by atoms with van der Waals surface area (Å²) in [5, 5.41) is 0. The van der Waals surface area contributed by atoms with Gasteiger partial charge < -0.3 is 0 Å². The van der Waals surface area contributed by atoms with Gasteiger partial charge in [-0.05, 0) is 0 Å². The molecule has 0 aromatic rings. The number of hydrogen-bond donors (Lipinski definition) is 0. The zero-order valence-electron chi connectivity index (χ0n) is 1.90. The van der Waals surface area contributed by atoms with E-state index >= 15 is 0 Å². The molecule has 0 saturated heterocycles. The van der Waals surface area contributed by atoms with Gasteiger partial charge in [-0.1, -0.05) is 0 Å². The Bertz CT molecular complexity index is 4.85. The zero-order chi connectivity index (χ0) is 0. The van der Waals surface area contributed by atoms with Gasteiger partial charge in [-0.25, -0.2) is 0 Å². The van der Waals surface area contributed by atoms with Crippen LogP contribution in [0, 0.1) is 0 Å². The fraction of sp³-hybridized carbons (Fsp3) is 0. The molecule has 11 radical (unpaired) electrons. The molecule has 0 rings (SSSR count). The molecule has 0 aliphatic rings. The molecule has 0 spiro atoms. The van der Waals surface area contributed by atoms with Crippen molar-refractivity contribution < 1.29 is 51.2 Å². The topological polar surface area (TPSA) is 0 Å². The maximum atomic E-state index is 0. The van der Waals surface area contributed by atoms with Crippen molar-refractivity contribution in [3.63, 3.8) is 0 Å². The second kappa shape index (κ2) is 27.2. The van der Waals surface area contributed by atoms with Crippen molar-refractivity contribution in [3.8, 4) is 0 Å². The Morgan fingerprint density at radius 3 is 0.400 bits per heavy atom. The Balaban J connectivity index is 0. The van der Waals surface area contributed by atoms with Crippen molar-refractivity contribution in [2.75, 3.05) is 0 Å². The quantitative estimate of drug-likeness (QED) is 0.445. The predicted octanol–water partition coefficient (Wildman–Crippen LogP) is -0.769. The van der Waals surface area contributed by atoms with E-state index in [2.05, 4.69) is 0 Å². The standard InChI is InChI=1S/3Cu.2Sn. The second-order valence-electron chi connectivity index (χ2n) is 0. The van der Waals surface area contributed by atoms with Crippen LogP contribution in [0.15, 0.2) is 0 Å². The summed E-state index contributed by atoms with van der Waals surface area (Å²) in [6, 6.07) is 0. The Morgan fingerprint density at radius 1 is 0.400 bits per heavy atom. The van der Waals surface area contributed by atoms with E-state index in [0.29, 0.717) is 0 Å². The van der Waals surface area contributed by atoms with Gasteiger partial charge in [0.2, 0.25) is 0 Å². The maximum absolute atomic E-state index is 0. The molecule has 0 aromatic carbocycles. The Hall–Kier alpha value is 3.16. The van der Waals surface area contributed by atoms with Crippen molar-refractivity contribution in [1.82, 2.24) is 0 Å². The van der Waals surface area contributed by atoms with E-state index in [4.69, 9.17) is 0 Å². The van der Waals surface area contributed by atoms with Crippen LogP contribution in [0.25, 0.3) is 0 Å². The van der Waals surface area contributed by atoms with Crippen molar-refractivity contribution in [3.05, 3.63) is 0 Å². The third-order valence-corrected chi connectivity index (χ3v) is 0. The molecule has 0 amide bonds. The molecule has 41 valence electrons. The first-order chi connectivity index (χ1) is 0. The van der Waals surface area contributed by atoms with Crippen LogP contribution in [-0.2, 0) is 51.2 Å². The van der Waals surface area contributed by atoms with Gasteiger partial charge >= 0.3 is 0 Å². The first-order valence-corrected chi connectivity index (χ1v) is 0. The average molecular weight is 428 g/mol. The molecule has 0 fully saturated rings. The van der Waals surface area contributed by atoms with Crippen LogP contribution in [0.2, 0.25) is 0 Å². The minimum atomic E-state index is 0. The minimum absolute atomic E-state index is 0. The SMILES string of the molecule is [Cu].[Cu].[Cu].[Sn].[Sn]. The molecule has 0 N–H and O–H groups in total. The van der Waals surface area contributed by atoms with E-state index in [1.54, 1.807) is 0 Å². The summed E-state index contributed by atoms with van der Waals surface area (Å²) >= 11 is 0. The van der Waals surface area contributed by atoms with Gasteiger partial charge in [0.25, 0.3) is 0 Å². The van der Waals surface area contributed by atoms with Crippen LogP contribution in [0.5, 0.6) is 0 Å². The summed E-state index contributed by atoms with van der Waals surface area (Å²) in [4.78, 5) is 0. The Kier molecular flexibility index (Phi) is 228. The van der Waals surface area contributed by atoms with E-state index in [0.717, 1.165) is 0 Å². The molecule has 5 heavy (non-hydrogen) atoms. The summed E-state index contributed by atoms with van der Waals surface area (Å²) in [5.41, 5.74) is 0. The molecule has 0 atom stereocenters. The molecule has 0 bridgehead atoms. The van der Waals surface area contributed by atoms with Gasteiger partial charge in [0.15, 0.2) is 0 Å². The molecular weight excluding hydrogens is 428 g/mol. The fourth-order valence-corrected chi connectivity index (χ4v) is 0. The first kappa shape index (κ1) is 41.9. The van der Waals surface area contributed by atoms with Gasteiger partial charge in [0.05, 0.1) is 0 Å². The molecule has 0 heterocycles. The summed E-state index contributed by atoms with van der Waals surface area (Å²) in [5.74, 6) is 0.